The molecule has 0 radical (unpaired) electrons. The molecule has 0 fully saturated rings. The molecule has 1 aromatic carbocycles. The molecule has 0 bridgehead atoms. The molecule has 0 heterocycles. The topological polar surface area (TPSA) is 119 Å². The fourth-order valence-electron chi connectivity index (χ4n) is 1.29. The number of carboxylic acids is 1. The molecule has 3 N–H and O–H groups in total. The second kappa shape index (κ2) is 9.73. The van der Waals surface area contributed by atoms with E-state index in [0.29, 0.717) is 11.8 Å². The van der Waals surface area contributed by atoms with Gasteiger partial charge in [-0.25, -0.2) is 0 Å². The van der Waals surface area contributed by atoms with Crippen molar-refractivity contribution in [2.75, 3.05) is 11.1 Å². The van der Waals surface area contributed by atoms with Gasteiger partial charge in [0.2, 0.25) is 11.8 Å². The van der Waals surface area contributed by atoms with E-state index in [1.165, 1.54) is 0 Å². The Morgan fingerprint density at radius 2 is 2.18 bits per heavy atom. The Morgan fingerprint density at radius 1 is 1.50 bits per heavy atom. The van der Waals surface area contributed by atoms with Crippen LogP contribution in [0.5, 0.6) is 5.75 Å². The van der Waals surface area contributed by atoms with Gasteiger partial charge in [-0.2, -0.15) is 0 Å². The number of thioether (sulfide) groups is 1. The molecule has 114 valence electrons. The van der Waals surface area contributed by atoms with Gasteiger partial charge in [0.15, 0.2) is 0 Å². The summed E-state index contributed by atoms with van der Waals surface area (Å²) in [7, 11) is 0. The largest absolute Gasteiger partial charge is 1.00 e. The first-order chi connectivity index (χ1) is 11.8. The van der Waals surface area contributed by atoms with Crippen molar-refractivity contribution in [2.45, 2.75) is 24.7 Å². The third kappa shape index (κ3) is 7.17. The van der Waals surface area contributed by atoms with Crippen LogP contribution in [0.15, 0.2) is 23.0 Å². The Labute approximate surface area is 161 Å². The predicted molar refractivity (Wildman–Crippen MR) is 75.7 cm³/mol. The molecule has 22 heavy (non-hydrogen) atoms. The summed E-state index contributed by atoms with van der Waals surface area (Å²) in [5, 5.41) is 24.9. The van der Waals surface area contributed by atoms with Crippen LogP contribution >= 0.6 is 11.8 Å². The van der Waals surface area contributed by atoms with E-state index in [1.807, 2.05) is 5.32 Å². The molecule has 1 rings (SSSR count). The van der Waals surface area contributed by atoms with Gasteiger partial charge >= 0.3 is 29.6 Å². The average molecular weight is 339 g/mol. The smallest absolute Gasteiger partial charge is 0.548 e. The van der Waals surface area contributed by atoms with E-state index in [9.17, 15) is 24.6 Å². The number of hydrogen-bond donors (Lipinski definition) is 3. The number of rotatable bonds is 6. The monoisotopic (exact) mass is 339 g/mol. The summed E-state index contributed by atoms with van der Waals surface area (Å²) in [4.78, 5) is 33.4. The number of carboxylic acid groups (broad SMARTS) is 1. The third-order valence-corrected chi connectivity index (χ3v) is 3.22. The Bertz CT molecular complexity index is 747. The molecule has 1 aromatic rings. The van der Waals surface area contributed by atoms with Gasteiger partial charge < -0.3 is 25.6 Å². The van der Waals surface area contributed by atoms with Gasteiger partial charge in [-0.05, 0) is 18.2 Å². The minimum atomic E-state index is -3.00. The third-order valence-electron chi connectivity index (χ3n) is 2.12. The van der Waals surface area contributed by atoms with Gasteiger partial charge in [-0.1, -0.05) is 0 Å². The number of anilines is 1. The number of phenolic OH excluding ortho intramolecular Hbond substituents is 1. The van der Waals surface area contributed by atoms with Crippen LogP contribution in [0.4, 0.5) is 5.69 Å². The van der Waals surface area contributed by atoms with Crippen molar-refractivity contribution in [3.8, 4) is 5.75 Å². The zero-order valence-electron chi connectivity index (χ0n) is 16.9. The number of aliphatic carboxylic acids is 1. The molecule has 0 aliphatic carbocycles. The second-order valence-electron chi connectivity index (χ2n) is 3.84. The van der Waals surface area contributed by atoms with Crippen LogP contribution in [0.3, 0.4) is 0 Å². The van der Waals surface area contributed by atoms with E-state index in [2.05, 4.69) is 5.32 Å². The minimum absolute atomic E-state index is 0. The zero-order valence-corrected chi connectivity index (χ0v) is 14.7. The zero-order chi connectivity index (χ0) is 20.2. The van der Waals surface area contributed by atoms with Crippen molar-refractivity contribution in [1.82, 2.24) is 5.32 Å². The number of carbonyl (C=O) groups is 3. The first kappa shape index (κ1) is 13.2. The molecule has 7 nitrogen and oxygen atoms in total. The van der Waals surface area contributed by atoms with E-state index in [1.54, 1.807) is 0 Å². The number of carbonyl (C=O) groups excluding carboxylic acids is 3. The second-order valence-corrected chi connectivity index (χ2v) is 4.87. The summed E-state index contributed by atoms with van der Waals surface area (Å²) in [6, 6.07) is -1.58. The van der Waals surface area contributed by atoms with Gasteiger partial charge in [0, 0.05) is 29.3 Å². The molecule has 0 unspecified atom stereocenters. The van der Waals surface area contributed by atoms with E-state index in [4.69, 9.17) is 6.85 Å². The number of benzene rings is 1. The summed E-state index contributed by atoms with van der Waals surface area (Å²) in [5.74, 6) is -4.46. The summed E-state index contributed by atoms with van der Waals surface area (Å²) >= 11 is 0.661. The SMILES string of the molecule is [2H]c1cc(O)c(SC[C@H](NC(C)=O)C(=O)[O-])c([2H])c1NC(=O)C([2H])([2H])[2H].[Na+]. The van der Waals surface area contributed by atoms with Crippen LogP contribution < -0.4 is 45.3 Å². The van der Waals surface area contributed by atoms with Crippen LogP contribution in [0.25, 0.3) is 0 Å². The maximum atomic E-state index is 11.6. The fraction of sp³-hybridized carbons (Fsp3) is 0.308. The van der Waals surface area contributed by atoms with Crippen molar-refractivity contribution in [3.05, 3.63) is 18.2 Å². The quantitative estimate of drug-likeness (QED) is 0.284. The first-order valence-electron chi connectivity index (χ1n) is 8.10. The van der Waals surface area contributed by atoms with Crippen LogP contribution in [0.1, 0.15) is 20.6 Å². The molecule has 0 aliphatic heterocycles. The molecule has 9 heteroatoms. The predicted octanol–water partition coefficient (Wildman–Crippen LogP) is -3.30. The fourth-order valence-corrected chi connectivity index (χ4v) is 2.23. The van der Waals surface area contributed by atoms with Gasteiger partial charge in [-0.15, -0.1) is 11.8 Å². The van der Waals surface area contributed by atoms with Crippen LogP contribution in [-0.2, 0) is 14.4 Å². The van der Waals surface area contributed by atoms with Crippen molar-refractivity contribution in [3.63, 3.8) is 0 Å². The number of amides is 2. The molecule has 2 amide bonds. The maximum Gasteiger partial charge on any atom is 1.00 e. The van der Waals surface area contributed by atoms with Gasteiger partial charge in [0.1, 0.15) is 5.75 Å². The molecule has 0 aromatic heterocycles. The number of aromatic hydroxyl groups is 1. The Kier molecular flexibility index (Phi) is 5.85. The molecule has 0 saturated heterocycles. The van der Waals surface area contributed by atoms with Gasteiger partial charge in [0.25, 0.3) is 0 Å². The molecular weight excluding hydrogens is 319 g/mol. The number of nitrogens with one attached hydrogen (secondary N) is 2. The molecule has 0 saturated carbocycles. The maximum absolute atomic E-state index is 11.6. The standard InChI is InChI=1S/C13H16N2O5S.Na/c1-7(16)14-9-3-4-11(18)12(5-9)21-6-10(13(19)20)15-8(2)17;/h3-5,10,18H,6H2,1-2H3,(H,14,16)(H,15,17)(H,19,20);/q;+1/p-1/t10-;/m0./s1/i1D3,3D,5D;. The van der Waals surface area contributed by atoms with Crippen molar-refractivity contribution in [1.29, 1.82) is 0 Å². The number of phenols is 1. The van der Waals surface area contributed by atoms with Crippen LogP contribution in [0.2, 0.25) is 0 Å². The summed E-state index contributed by atoms with van der Waals surface area (Å²) in [5.41, 5.74) is -0.448. The van der Waals surface area contributed by atoms with Gasteiger partial charge in [-0.3, -0.25) is 9.59 Å². The summed E-state index contributed by atoms with van der Waals surface area (Å²) < 4.78 is 36.7. The van der Waals surface area contributed by atoms with Crippen LogP contribution in [0, 0.1) is 0 Å². The van der Waals surface area contributed by atoms with E-state index >= 15 is 0 Å². The Morgan fingerprint density at radius 3 is 2.73 bits per heavy atom. The summed E-state index contributed by atoms with van der Waals surface area (Å²) in [6.07, 6.45) is 0. The number of hydrogen-bond acceptors (Lipinski definition) is 6. The normalized spacial score (nSPS) is 14.9. The Balaban J connectivity index is 0.00000676. The van der Waals surface area contributed by atoms with E-state index in [-0.39, 0.29) is 40.2 Å². The van der Waals surface area contributed by atoms with Crippen LogP contribution in [-0.4, -0.2) is 34.7 Å². The first-order valence-corrected chi connectivity index (χ1v) is 6.58. The van der Waals surface area contributed by atoms with Crippen molar-refractivity contribution >= 4 is 35.2 Å². The van der Waals surface area contributed by atoms with Gasteiger partial charge in [0.05, 0.1) is 19.6 Å². The molecule has 0 aliphatic rings. The van der Waals surface area contributed by atoms with E-state index < -0.39 is 54.2 Å². The van der Waals surface area contributed by atoms with E-state index in [0.717, 1.165) is 13.0 Å². The Hall–Kier alpha value is -1.22. The molecular formula is C13H15N2NaO5S. The summed E-state index contributed by atoms with van der Waals surface area (Å²) in [6.45, 7) is -1.90. The minimum Gasteiger partial charge on any atom is -0.548 e. The average Bonchev–Trinajstić information content (AvgIpc) is 2.48. The van der Waals surface area contributed by atoms with Crippen molar-refractivity contribution in [2.24, 2.45) is 0 Å². The molecule has 0 spiro atoms. The molecule has 1 atom stereocenters. The van der Waals surface area contributed by atoms with Crippen molar-refractivity contribution < 1.29 is 61.0 Å².